The predicted molar refractivity (Wildman–Crippen MR) is 75.2 cm³/mol. The lowest BCUT2D eigenvalue weighted by Crippen LogP contribution is -2.40. The number of rotatable bonds is 5. The third-order valence-electron chi connectivity index (χ3n) is 3.60. The highest BCUT2D eigenvalue weighted by Crippen LogP contribution is 2.28. The van der Waals surface area contributed by atoms with Crippen LogP contribution in [0.5, 0.6) is 0 Å². The Labute approximate surface area is 125 Å². The van der Waals surface area contributed by atoms with E-state index in [-0.39, 0.29) is 5.69 Å². The molecule has 9 nitrogen and oxygen atoms in total. The lowest BCUT2D eigenvalue weighted by molar-refractivity contribution is -0.384. The molecule has 0 bridgehead atoms. The minimum Gasteiger partial charge on any atom is -0.394 e. The summed E-state index contributed by atoms with van der Waals surface area (Å²) < 4.78 is 5.31. The summed E-state index contributed by atoms with van der Waals surface area (Å²) in [7, 11) is 0. The number of ether oxygens (including phenoxy) is 1. The van der Waals surface area contributed by atoms with Crippen molar-refractivity contribution in [2.45, 2.75) is 37.6 Å². The Morgan fingerprint density at radius 2 is 2.09 bits per heavy atom. The van der Waals surface area contributed by atoms with Crippen LogP contribution < -0.4 is 5.32 Å². The standard InChI is InChI=1S/C13H18N2O7/c1-6-2-3-7(15(20)21)4-8(6)14-13-11(19)10(18)12(22-13)9(17)5-16/h2-4,9-14,16-19H,5H2,1H3/t9?,10-,11-,12-,13+/m0/s1. The highest BCUT2D eigenvalue weighted by Gasteiger charge is 2.45. The minimum absolute atomic E-state index is 0.131. The summed E-state index contributed by atoms with van der Waals surface area (Å²) in [6, 6.07) is 4.17. The van der Waals surface area contributed by atoms with Crippen molar-refractivity contribution in [2.75, 3.05) is 11.9 Å². The topological polar surface area (TPSA) is 145 Å². The maximum atomic E-state index is 10.8. The number of aryl methyl sites for hydroxylation is 1. The molecule has 9 heteroatoms. The van der Waals surface area contributed by atoms with Crippen LogP contribution in [-0.2, 0) is 4.74 Å². The zero-order chi connectivity index (χ0) is 16.4. The molecule has 1 fully saturated rings. The van der Waals surface area contributed by atoms with E-state index in [1.54, 1.807) is 6.92 Å². The van der Waals surface area contributed by atoms with E-state index < -0.39 is 42.2 Å². The zero-order valence-electron chi connectivity index (χ0n) is 11.8. The van der Waals surface area contributed by atoms with Gasteiger partial charge in [-0.15, -0.1) is 0 Å². The Balaban J connectivity index is 2.17. The van der Waals surface area contributed by atoms with E-state index in [4.69, 9.17) is 9.84 Å². The van der Waals surface area contributed by atoms with Gasteiger partial charge in [0.05, 0.1) is 11.5 Å². The van der Waals surface area contributed by atoms with Gasteiger partial charge in [0.15, 0.2) is 6.23 Å². The molecule has 1 aliphatic rings. The number of hydrogen-bond donors (Lipinski definition) is 5. The molecule has 0 aromatic heterocycles. The summed E-state index contributed by atoms with van der Waals surface area (Å²) in [6.07, 6.45) is -6.32. The molecule has 1 heterocycles. The summed E-state index contributed by atoms with van der Waals surface area (Å²) in [4.78, 5) is 10.2. The van der Waals surface area contributed by atoms with E-state index in [0.717, 1.165) is 0 Å². The number of nitrogens with one attached hydrogen (secondary N) is 1. The first-order valence-corrected chi connectivity index (χ1v) is 6.67. The number of aliphatic hydroxyl groups excluding tert-OH is 4. The monoisotopic (exact) mass is 314 g/mol. The Kier molecular flexibility index (Phi) is 4.94. The van der Waals surface area contributed by atoms with E-state index >= 15 is 0 Å². The first-order valence-electron chi connectivity index (χ1n) is 6.67. The van der Waals surface area contributed by atoms with Crippen LogP contribution >= 0.6 is 0 Å². The second-order valence-electron chi connectivity index (χ2n) is 5.15. The third kappa shape index (κ3) is 3.18. The fourth-order valence-corrected chi connectivity index (χ4v) is 2.28. The van der Waals surface area contributed by atoms with Gasteiger partial charge in [-0.3, -0.25) is 10.1 Å². The fourth-order valence-electron chi connectivity index (χ4n) is 2.28. The second kappa shape index (κ2) is 6.55. The Bertz CT molecular complexity index is 553. The van der Waals surface area contributed by atoms with Crippen LogP contribution in [0.25, 0.3) is 0 Å². The number of nitro benzene ring substituents is 1. The summed E-state index contributed by atoms with van der Waals surface area (Å²) in [5, 5.41) is 51.8. The SMILES string of the molecule is Cc1ccc([N+](=O)[O-])cc1N[C@@H]1O[C@@H](C(O)CO)[C@@H](O)[C@@H]1O. The maximum absolute atomic E-state index is 10.8. The predicted octanol–water partition coefficient (Wildman–Crippen LogP) is -0.885. The number of nitrogens with zero attached hydrogens (tertiary/aromatic N) is 1. The Hall–Kier alpha value is -1.78. The van der Waals surface area contributed by atoms with Crippen LogP contribution in [0, 0.1) is 17.0 Å². The van der Waals surface area contributed by atoms with Gasteiger partial charge in [-0.25, -0.2) is 0 Å². The summed E-state index contributed by atoms with van der Waals surface area (Å²) >= 11 is 0. The number of benzene rings is 1. The van der Waals surface area contributed by atoms with Crippen molar-refractivity contribution in [3.63, 3.8) is 0 Å². The van der Waals surface area contributed by atoms with E-state index in [9.17, 15) is 25.4 Å². The van der Waals surface area contributed by atoms with E-state index in [2.05, 4.69) is 5.32 Å². The fraction of sp³-hybridized carbons (Fsp3) is 0.538. The van der Waals surface area contributed by atoms with Crippen molar-refractivity contribution in [2.24, 2.45) is 0 Å². The molecule has 0 radical (unpaired) electrons. The average Bonchev–Trinajstić information content (AvgIpc) is 2.77. The van der Waals surface area contributed by atoms with Crippen molar-refractivity contribution < 1.29 is 30.1 Å². The van der Waals surface area contributed by atoms with Gasteiger partial charge < -0.3 is 30.5 Å². The highest BCUT2D eigenvalue weighted by atomic mass is 16.6. The first kappa shape index (κ1) is 16.6. The molecule has 0 spiro atoms. The second-order valence-corrected chi connectivity index (χ2v) is 5.15. The summed E-state index contributed by atoms with van der Waals surface area (Å²) in [5.74, 6) is 0. The van der Waals surface area contributed by atoms with Crippen LogP contribution in [0.2, 0.25) is 0 Å². The molecule has 5 atom stereocenters. The van der Waals surface area contributed by atoms with Gasteiger partial charge in [0.25, 0.3) is 5.69 Å². The van der Waals surface area contributed by atoms with E-state index in [1.807, 2.05) is 0 Å². The smallest absolute Gasteiger partial charge is 0.271 e. The first-order chi connectivity index (χ1) is 10.3. The molecule has 22 heavy (non-hydrogen) atoms. The molecular weight excluding hydrogens is 296 g/mol. The van der Waals surface area contributed by atoms with Crippen molar-refractivity contribution >= 4 is 11.4 Å². The molecule has 5 N–H and O–H groups in total. The Morgan fingerprint density at radius 1 is 1.41 bits per heavy atom. The van der Waals surface area contributed by atoms with Crippen LogP contribution in [0.4, 0.5) is 11.4 Å². The summed E-state index contributed by atoms with van der Waals surface area (Å²) in [5.41, 5.74) is 0.916. The highest BCUT2D eigenvalue weighted by molar-refractivity contribution is 5.57. The van der Waals surface area contributed by atoms with Crippen molar-refractivity contribution in [3.05, 3.63) is 33.9 Å². The molecule has 1 aliphatic heterocycles. The quantitative estimate of drug-likeness (QED) is 0.348. The van der Waals surface area contributed by atoms with Crippen molar-refractivity contribution in [1.82, 2.24) is 0 Å². The Morgan fingerprint density at radius 3 is 2.68 bits per heavy atom. The van der Waals surface area contributed by atoms with E-state index in [0.29, 0.717) is 11.3 Å². The van der Waals surface area contributed by atoms with Gasteiger partial charge in [-0.05, 0) is 12.5 Å². The van der Waals surface area contributed by atoms with Gasteiger partial charge in [0.2, 0.25) is 0 Å². The minimum atomic E-state index is -1.39. The molecule has 1 saturated heterocycles. The number of hydrogen-bond acceptors (Lipinski definition) is 8. The molecule has 0 aliphatic carbocycles. The van der Waals surface area contributed by atoms with Gasteiger partial charge in [0, 0.05) is 17.8 Å². The van der Waals surface area contributed by atoms with Gasteiger partial charge in [-0.1, -0.05) is 6.07 Å². The molecule has 2 rings (SSSR count). The van der Waals surface area contributed by atoms with Crippen LogP contribution in [0.15, 0.2) is 18.2 Å². The van der Waals surface area contributed by atoms with Crippen LogP contribution in [0.3, 0.4) is 0 Å². The normalized spacial score (nSPS) is 29.3. The lowest BCUT2D eigenvalue weighted by Gasteiger charge is -2.20. The average molecular weight is 314 g/mol. The van der Waals surface area contributed by atoms with E-state index in [1.165, 1.54) is 18.2 Å². The van der Waals surface area contributed by atoms with Gasteiger partial charge >= 0.3 is 0 Å². The number of nitro groups is 1. The number of aliphatic hydroxyl groups is 4. The molecule has 1 unspecified atom stereocenters. The van der Waals surface area contributed by atoms with Crippen molar-refractivity contribution in [3.8, 4) is 0 Å². The molecule has 1 aromatic carbocycles. The maximum Gasteiger partial charge on any atom is 0.271 e. The molecule has 0 amide bonds. The van der Waals surface area contributed by atoms with Gasteiger partial charge in [-0.2, -0.15) is 0 Å². The van der Waals surface area contributed by atoms with Crippen LogP contribution in [0.1, 0.15) is 5.56 Å². The summed E-state index contributed by atoms with van der Waals surface area (Å²) in [6.45, 7) is 1.08. The molecule has 122 valence electrons. The largest absolute Gasteiger partial charge is 0.394 e. The zero-order valence-corrected chi connectivity index (χ0v) is 11.8. The molecule has 0 saturated carbocycles. The number of anilines is 1. The molecular formula is C13H18N2O7. The van der Waals surface area contributed by atoms with Crippen molar-refractivity contribution in [1.29, 1.82) is 0 Å². The lowest BCUT2D eigenvalue weighted by atomic mass is 10.1. The number of non-ortho nitro benzene ring substituents is 1. The van der Waals surface area contributed by atoms with Gasteiger partial charge in [0.1, 0.15) is 24.4 Å². The third-order valence-corrected chi connectivity index (χ3v) is 3.60. The molecule has 1 aromatic rings. The van der Waals surface area contributed by atoms with Crippen LogP contribution in [-0.4, -0.2) is 62.6 Å².